The van der Waals surface area contributed by atoms with E-state index in [1.165, 1.54) is 0 Å². The molecule has 0 unspecified atom stereocenters. The third kappa shape index (κ3) is 3.26. The lowest BCUT2D eigenvalue weighted by molar-refractivity contribution is 0.102. The molecular formula is C12H8BrIN2O. The van der Waals surface area contributed by atoms with Crippen LogP contribution in [0.15, 0.2) is 47.1 Å². The number of amides is 1. The van der Waals surface area contributed by atoms with Gasteiger partial charge >= 0.3 is 0 Å². The predicted molar refractivity (Wildman–Crippen MR) is 79.0 cm³/mol. The van der Waals surface area contributed by atoms with Crippen LogP contribution in [0, 0.1) is 3.57 Å². The Labute approximate surface area is 121 Å². The number of carbonyl (C=O) groups excluding carboxylic acids is 1. The van der Waals surface area contributed by atoms with Gasteiger partial charge in [0.2, 0.25) is 0 Å². The molecule has 2 rings (SSSR count). The standard InChI is InChI=1S/C12H8BrIN2O/c13-10-2-1-7-15-11(10)12(17)16-9-5-3-8(14)4-6-9/h1-7H,(H,16,17). The second-order valence-electron chi connectivity index (χ2n) is 3.29. The third-order valence-electron chi connectivity index (χ3n) is 2.08. The van der Waals surface area contributed by atoms with E-state index in [9.17, 15) is 4.79 Å². The topological polar surface area (TPSA) is 42.0 Å². The lowest BCUT2D eigenvalue weighted by atomic mass is 10.3. The van der Waals surface area contributed by atoms with Crippen molar-refractivity contribution in [2.24, 2.45) is 0 Å². The first-order valence-electron chi connectivity index (χ1n) is 4.84. The first-order chi connectivity index (χ1) is 8.16. The second kappa shape index (κ2) is 5.59. The van der Waals surface area contributed by atoms with Crippen molar-refractivity contribution in [1.29, 1.82) is 0 Å². The maximum Gasteiger partial charge on any atom is 0.275 e. The average Bonchev–Trinajstić information content (AvgIpc) is 2.32. The second-order valence-corrected chi connectivity index (χ2v) is 5.39. The van der Waals surface area contributed by atoms with Crippen LogP contribution in [0.1, 0.15) is 10.5 Å². The molecule has 1 N–H and O–H groups in total. The van der Waals surface area contributed by atoms with E-state index in [0.29, 0.717) is 10.2 Å². The number of carbonyl (C=O) groups is 1. The number of halogens is 2. The molecule has 3 nitrogen and oxygen atoms in total. The van der Waals surface area contributed by atoms with Crippen LogP contribution < -0.4 is 5.32 Å². The molecule has 2 aromatic rings. The molecule has 17 heavy (non-hydrogen) atoms. The molecule has 0 spiro atoms. The number of rotatable bonds is 2. The zero-order chi connectivity index (χ0) is 12.3. The van der Waals surface area contributed by atoms with E-state index in [-0.39, 0.29) is 5.91 Å². The largest absolute Gasteiger partial charge is 0.321 e. The zero-order valence-electron chi connectivity index (χ0n) is 8.65. The number of hydrogen-bond donors (Lipinski definition) is 1. The molecule has 1 heterocycles. The number of pyridine rings is 1. The van der Waals surface area contributed by atoms with Gasteiger partial charge in [-0.15, -0.1) is 0 Å². The van der Waals surface area contributed by atoms with Crippen molar-refractivity contribution < 1.29 is 4.79 Å². The molecule has 1 aromatic carbocycles. The number of hydrogen-bond acceptors (Lipinski definition) is 2. The zero-order valence-corrected chi connectivity index (χ0v) is 12.4. The number of nitrogens with zero attached hydrogens (tertiary/aromatic N) is 1. The van der Waals surface area contributed by atoms with E-state index < -0.39 is 0 Å². The SMILES string of the molecule is O=C(Nc1ccc(I)cc1)c1ncccc1Br. The Hall–Kier alpha value is -0.950. The Morgan fingerprint density at radius 2 is 1.94 bits per heavy atom. The predicted octanol–water partition coefficient (Wildman–Crippen LogP) is 3.70. The van der Waals surface area contributed by atoms with Gasteiger partial charge in [-0.3, -0.25) is 4.79 Å². The van der Waals surface area contributed by atoms with Crippen LogP contribution in [0.3, 0.4) is 0 Å². The summed E-state index contributed by atoms with van der Waals surface area (Å²) in [4.78, 5) is 15.9. The van der Waals surface area contributed by atoms with Gasteiger partial charge in [-0.2, -0.15) is 0 Å². The normalized spacial score (nSPS) is 10.0. The van der Waals surface area contributed by atoms with Gasteiger partial charge in [0.05, 0.1) is 0 Å². The Balaban J connectivity index is 2.17. The van der Waals surface area contributed by atoms with Crippen molar-refractivity contribution in [1.82, 2.24) is 4.98 Å². The van der Waals surface area contributed by atoms with Gasteiger partial charge < -0.3 is 5.32 Å². The van der Waals surface area contributed by atoms with Gasteiger partial charge in [0, 0.05) is 19.9 Å². The number of nitrogens with one attached hydrogen (secondary N) is 1. The Morgan fingerprint density at radius 3 is 2.59 bits per heavy atom. The molecule has 1 aromatic heterocycles. The van der Waals surface area contributed by atoms with Crippen LogP contribution in [-0.4, -0.2) is 10.9 Å². The summed E-state index contributed by atoms with van der Waals surface area (Å²) >= 11 is 5.51. The van der Waals surface area contributed by atoms with E-state index in [2.05, 4.69) is 48.8 Å². The molecule has 86 valence electrons. The highest BCUT2D eigenvalue weighted by molar-refractivity contribution is 14.1. The molecule has 5 heteroatoms. The molecule has 0 saturated heterocycles. The summed E-state index contributed by atoms with van der Waals surface area (Å²) in [6.45, 7) is 0. The lowest BCUT2D eigenvalue weighted by Gasteiger charge is -2.05. The minimum Gasteiger partial charge on any atom is -0.321 e. The smallest absolute Gasteiger partial charge is 0.275 e. The Kier molecular flexibility index (Phi) is 4.11. The molecule has 0 radical (unpaired) electrons. The van der Waals surface area contributed by atoms with E-state index in [0.717, 1.165) is 9.26 Å². The molecule has 0 bridgehead atoms. The molecule has 0 aliphatic carbocycles. The maximum absolute atomic E-state index is 11.9. The van der Waals surface area contributed by atoms with E-state index in [1.807, 2.05) is 24.3 Å². The fourth-order valence-electron chi connectivity index (χ4n) is 1.28. The highest BCUT2D eigenvalue weighted by Crippen LogP contribution is 2.16. The summed E-state index contributed by atoms with van der Waals surface area (Å²) in [7, 11) is 0. The third-order valence-corrected chi connectivity index (χ3v) is 3.43. The van der Waals surface area contributed by atoms with Crippen LogP contribution in [0.2, 0.25) is 0 Å². The number of aromatic nitrogens is 1. The Morgan fingerprint density at radius 1 is 1.24 bits per heavy atom. The van der Waals surface area contributed by atoms with Gasteiger partial charge in [0.25, 0.3) is 5.91 Å². The minimum atomic E-state index is -0.223. The number of anilines is 1. The average molecular weight is 403 g/mol. The van der Waals surface area contributed by atoms with Gasteiger partial charge in [0.15, 0.2) is 0 Å². The van der Waals surface area contributed by atoms with Crippen molar-refractivity contribution in [2.75, 3.05) is 5.32 Å². The quantitative estimate of drug-likeness (QED) is 0.778. The maximum atomic E-state index is 11.9. The highest BCUT2D eigenvalue weighted by Gasteiger charge is 2.10. The fourth-order valence-corrected chi connectivity index (χ4v) is 2.07. The van der Waals surface area contributed by atoms with Crippen molar-refractivity contribution in [3.8, 4) is 0 Å². The van der Waals surface area contributed by atoms with Gasteiger partial charge in [-0.25, -0.2) is 4.98 Å². The molecule has 0 atom stereocenters. The summed E-state index contributed by atoms with van der Waals surface area (Å²) in [6, 6.07) is 11.1. The summed E-state index contributed by atoms with van der Waals surface area (Å²) in [6.07, 6.45) is 1.59. The van der Waals surface area contributed by atoms with Crippen LogP contribution in [0.25, 0.3) is 0 Å². The lowest BCUT2D eigenvalue weighted by Crippen LogP contribution is -2.14. The van der Waals surface area contributed by atoms with Crippen LogP contribution in [0.4, 0.5) is 5.69 Å². The van der Waals surface area contributed by atoms with Crippen molar-refractivity contribution >= 4 is 50.1 Å². The number of benzene rings is 1. The van der Waals surface area contributed by atoms with Crippen LogP contribution >= 0.6 is 38.5 Å². The highest BCUT2D eigenvalue weighted by atomic mass is 127. The molecule has 0 aliphatic heterocycles. The summed E-state index contributed by atoms with van der Waals surface area (Å²) in [5, 5.41) is 2.79. The van der Waals surface area contributed by atoms with Crippen molar-refractivity contribution in [2.45, 2.75) is 0 Å². The summed E-state index contributed by atoms with van der Waals surface area (Å²) in [5.41, 5.74) is 1.14. The van der Waals surface area contributed by atoms with Gasteiger partial charge in [-0.1, -0.05) is 0 Å². The van der Waals surface area contributed by atoms with Crippen molar-refractivity contribution in [3.05, 3.63) is 56.3 Å². The molecule has 0 fully saturated rings. The minimum absolute atomic E-state index is 0.223. The van der Waals surface area contributed by atoms with E-state index >= 15 is 0 Å². The van der Waals surface area contributed by atoms with Crippen LogP contribution in [0.5, 0.6) is 0 Å². The van der Waals surface area contributed by atoms with Gasteiger partial charge in [0.1, 0.15) is 5.69 Å². The fraction of sp³-hybridized carbons (Fsp3) is 0. The molecule has 0 aliphatic rings. The summed E-state index contributed by atoms with van der Waals surface area (Å²) in [5.74, 6) is -0.223. The van der Waals surface area contributed by atoms with E-state index in [1.54, 1.807) is 18.3 Å². The monoisotopic (exact) mass is 402 g/mol. The van der Waals surface area contributed by atoms with E-state index in [4.69, 9.17) is 0 Å². The molecule has 0 saturated carbocycles. The molecule has 1 amide bonds. The van der Waals surface area contributed by atoms with Crippen LogP contribution in [-0.2, 0) is 0 Å². The first kappa shape index (κ1) is 12.5. The van der Waals surface area contributed by atoms with Gasteiger partial charge in [-0.05, 0) is 74.9 Å². The van der Waals surface area contributed by atoms with Crippen molar-refractivity contribution in [3.63, 3.8) is 0 Å². The first-order valence-corrected chi connectivity index (χ1v) is 6.71. The Bertz CT molecular complexity index is 542. The summed E-state index contributed by atoms with van der Waals surface area (Å²) < 4.78 is 1.81. The molecular weight excluding hydrogens is 395 g/mol.